The highest BCUT2D eigenvalue weighted by Gasteiger charge is 2.47. The van der Waals surface area contributed by atoms with Gasteiger partial charge in [-0.1, -0.05) is 12.1 Å². The molecule has 0 saturated carbocycles. The third kappa shape index (κ3) is 3.71. The van der Waals surface area contributed by atoms with Crippen molar-refractivity contribution in [3.05, 3.63) is 42.5 Å². The van der Waals surface area contributed by atoms with E-state index in [-0.39, 0.29) is 12.1 Å². The van der Waals surface area contributed by atoms with E-state index in [1.165, 1.54) is 6.33 Å². The molecule has 27 heavy (non-hydrogen) atoms. The van der Waals surface area contributed by atoms with Gasteiger partial charge in [-0.15, -0.1) is 0 Å². The van der Waals surface area contributed by atoms with Crippen LogP contribution in [0.2, 0.25) is 0 Å². The molecule has 3 amide bonds. The topological polar surface area (TPSA) is 92.6 Å². The van der Waals surface area contributed by atoms with Crippen molar-refractivity contribution >= 4 is 17.8 Å². The van der Waals surface area contributed by atoms with E-state index in [1.54, 1.807) is 27.9 Å². The number of amides is 3. The summed E-state index contributed by atoms with van der Waals surface area (Å²) in [6, 6.07) is 7.46. The van der Waals surface area contributed by atoms with Gasteiger partial charge >= 0.3 is 12.1 Å². The maximum atomic E-state index is 12.7. The molecule has 0 radical (unpaired) electrons. The predicted octanol–water partition coefficient (Wildman–Crippen LogP) is 1.77. The molecule has 9 heteroatoms. The van der Waals surface area contributed by atoms with Crippen LogP contribution in [-0.4, -0.2) is 69.0 Å². The Kier molecular flexibility index (Phi) is 4.43. The number of nitrogens with zero attached hydrogens (tertiary/aromatic N) is 5. The molecule has 3 heterocycles. The van der Waals surface area contributed by atoms with Gasteiger partial charge in [-0.2, -0.15) is 5.10 Å². The number of likely N-dealkylation sites (tertiary alicyclic amines) is 1. The molecule has 1 aromatic heterocycles. The number of carbonyl (C=O) groups excluding carboxylic acids is 2. The Hall–Kier alpha value is -3.10. The zero-order chi connectivity index (χ0) is 18.9. The van der Waals surface area contributed by atoms with Gasteiger partial charge in [0, 0.05) is 19.3 Å². The Balaban J connectivity index is 1.41. The molecule has 1 atom stereocenters. The fourth-order valence-electron chi connectivity index (χ4n) is 3.73. The number of anilines is 1. The van der Waals surface area contributed by atoms with Crippen LogP contribution in [0.4, 0.5) is 15.3 Å². The van der Waals surface area contributed by atoms with Gasteiger partial charge in [0.2, 0.25) is 0 Å². The number of ether oxygens (including phenoxy) is 1. The summed E-state index contributed by atoms with van der Waals surface area (Å²) in [5.74, 6) is 0. The number of hydrogen-bond acceptors (Lipinski definition) is 5. The van der Waals surface area contributed by atoms with Crippen LogP contribution in [0.25, 0.3) is 0 Å². The van der Waals surface area contributed by atoms with E-state index in [0.717, 1.165) is 24.1 Å². The summed E-state index contributed by atoms with van der Waals surface area (Å²) in [5.41, 5.74) is 1.15. The molecule has 2 aliphatic rings. The van der Waals surface area contributed by atoms with Crippen molar-refractivity contribution in [1.82, 2.24) is 24.6 Å². The highest BCUT2D eigenvalue weighted by atomic mass is 16.6. The largest absolute Gasteiger partial charge is 0.439 e. The number of carbonyl (C=O) groups is 2. The van der Waals surface area contributed by atoms with Crippen LogP contribution in [-0.2, 0) is 11.3 Å². The molecule has 0 aliphatic carbocycles. The molecule has 142 valence electrons. The molecular formula is C18H22N6O3. The van der Waals surface area contributed by atoms with E-state index in [0.29, 0.717) is 26.2 Å². The van der Waals surface area contributed by atoms with Crippen LogP contribution in [0, 0.1) is 0 Å². The first-order chi connectivity index (χ1) is 13.0. The molecule has 4 rings (SSSR count). The number of likely N-dealkylation sites (N-methyl/N-ethyl adjacent to an activating group) is 1. The summed E-state index contributed by atoms with van der Waals surface area (Å²) >= 11 is 0. The molecule has 1 N–H and O–H groups in total. The lowest BCUT2D eigenvalue weighted by molar-refractivity contribution is 0.00497. The van der Waals surface area contributed by atoms with E-state index >= 15 is 0 Å². The Bertz CT molecular complexity index is 839. The van der Waals surface area contributed by atoms with Crippen LogP contribution in [0.15, 0.2) is 36.9 Å². The van der Waals surface area contributed by atoms with E-state index in [2.05, 4.69) is 15.4 Å². The van der Waals surface area contributed by atoms with Crippen molar-refractivity contribution in [2.45, 2.75) is 25.0 Å². The predicted molar refractivity (Wildman–Crippen MR) is 97.2 cm³/mol. The van der Waals surface area contributed by atoms with Gasteiger partial charge in [0.1, 0.15) is 18.3 Å². The number of rotatable bonds is 3. The molecule has 1 aromatic carbocycles. The quantitative estimate of drug-likeness (QED) is 0.889. The zero-order valence-electron chi connectivity index (χ0n) is 15.2. The molecule has 2 saturated heterocycles. The number of hydrogen-bond donors (Lipinski definition) is 1. The van der Waals surface area contributed by atoms with Crippen LogP contribution in [0.1, 0.15) is 18.4 Å². The van der Waals surface area contributed by atoms with Crippen molar-refractivity contribution in [1.29, 1.82) is 0 Å². The summed E-state index contributed by atoms with van der Waals surface area (Å²) < 4.78 is 7.28. The van der Waals surface area contributed by atoms with E-state index in [9.17, 15) is 9.59 Å². The van der Waals surface area contributed by atoms with Crippen molar-refractivity contribution < 1.29 is 14.3 Å². The smallest absolute Gasteiger partial charge is 0.410 e. The van der Waals surface area contributed by atoms with Gasteiger partial charge in [-0.3, -0.25) is 0 Å². The summed E-state index contributed by atoms with van der Waals surface area (Å²) in [4.78, 5) is 31.7. The van der Waals surface area contributed by atoms with Crippen LogP contribution in [0.3, 0.4) is 0 Å². The summed E-state index contributed by atoms with van der Waals surface area (Å²) in [6.45, 7) is 2.16. The number of aromatic nitrogens is 3. The SMILES string of the molecule is CN1C[C@]2(CCCN(C(=O)Nc3cccc(Cn4cncn4)c3)C2)OC1=O. The first kappa shape index (κ1) is 17.3. The average molecular weight is 370 g/mol. The molecule has 2 fully saturated rings. The van der Waals surface area contributed by atoms with Crippen molar-refractivity contribution in [2.75, 3.05) is 32.0 Å². The summed E-state index contributed by atoms with van der Waals surface area (Å²) in [7, 11) is 1.72. The van der Waals surface area contributed by atoms with Gasteiger partial charge in [-0.25, -0.2) is 19.3 Å². The van der Waals surface area contributed by atoms with Crippen LogP contribution in [0.5, 0.6) is 0 Å². The fraction of sp³-hybridized carbons (Fsp3) is 0.444. The van der Waals surface area contributed by atoms with Crippen molar-refractivity contribution in [3.8, 4) is 0 Å². The summed E-state index contributed by atoms with van der Waals surface area (Å²) in [6.07, 6.45) is 4.41. The second kappa shape index (κ2) is 6.90. The standard InChI is InChI=1S/C18H22N6O3/c1-22-10-18(27-17(22)26)6-3-7-23(11-18)16(25)21-15-5-2-4-14(8-15)9-24-13-19-12-20-24/h2,4-5,8,12-13H,3,6-7,9-11H2,1H3,(H,21,25)/t18-/m0/s1. The Labute approximate surface area is 156 Å². The first-order valence-corrected chi connectivity index (χ1v) is 8.94. The van der Waals surface area contributed by atoms with Gasteiger partial charge < -0.3 is 19.9 Å². The lowest BCUT2D eigenvalue weighted by atomic mass is 9.93. The van der Waals surface area contributed by atoms with Crippen molar-refractivity contribution in [3.63, 3.8) is 0 Å². The second-order valence-corrected chi connectivity index (χ2v) is 7.16. The van der Waals surface area contributed by atoms with E-state index in [1.807, 2.05) is 24.3 Å². The van der Waals surface area contributed by atoms with Gasteiger partial charge in [0.05, 0.1) is 19.6 Å². The molecule has 0 bridgehead atoms. The monoisotopic (exact) mass is 370 g/mol. The molecule has 1 spiro atoms. The lowest BCUT2D eigenvalue weighted by Gasteiger charge is -2.38. The molecular weight excluding hydrogens is 348 g/mol. The third-order valence-electron chi connectivity index (χ3n) is 4.96. The first-order valence-electron chi connectivity index (χ1n) is 8.94. The zero-order valence-corrected chi connectivity index (χ0v) is 15.2. The summed E-state index contributed by atoms with van der Waals surface area (Å²) in [5, 5.41) is 7.04. The minimum atomic E-state index is -0.587. The molecule has 2 aliphatic heterocycles. The van der Waals surface area contributed by atoms with Crippen molar-refractivity contribution in [2.24, 2.45) is 0 Å². The Morgan fingerprint density at radius 1 is 1.37 bits per heavy atom. The van der Waals surface area contributed by atoms with Crippen LogP contribution < -0.4 is 5.32 Å². The van der Waals surface area contributed by atoms with Gasteiger partial charge in [0.25, 0.3) is 0 Å². The number of nitrogens with one attached hydrogen (secondary N) is 1. The number of benzene rings is 1. The third-order valence-corrected chi connectivity index (χ3v) is 4.96. The molecule has 0 unspecified atom stereocenters. The number of piperidine rings is 1. The minimum absolute atomic E-state index is 0.183. The highest BCUT2D eigenvalue weighted by Crippen LogP contribution is 2.31. The maximum absolute atomic E-state index is 12.7. The second-order valence-electron chi connectivity index (χ2n) is 7.16. The van der Waals surface area contributed by atoms with E-state index in [4.69, 9.17) is 4.74 Å². The lowest BCUT2D eigenvalue weighted by Crippen LogP contribution is -2.53. The average Bonchev–Trinajstić information content (AvgIpc) is 3.23. The van der Waals surface area contributed by atoms with Crippen LogP contribution >= 0.6 is 0 Å². The normalized spacial score (nSPS) is 22.2. The fourth-order valence-corrected chi connectivity index (χ4v) is 3.73. The van der Waals surface area contributed by atoms with Gasteiger partial charge in [-0.05, 0) is 30.5 Å². The highest BCUT2D eigenvalue weighted by molar-refractivity contribution is 5.89. The van der Waals surface area contributed by atoms with E-state index < -0.39 is 5.60 Å². The minimum Gasteiger partial charge on any atom is -0.439 e. The maximum Gasteiger partial charge on any atom is 0.410 e. The Morgan fingerprint density at radius 3 is 3.00 bits per heavy atom. The number of urea groups is 1. The molecule has 2 aromatic rings. The Morgan fingerprint density at radius 2 is 2.26 bits per heavy atom. The van der Waals surface area contributed by atoms with Gasteiger partial charge in [0.15, 0.2) is 0 Å². The molecule has 9 nitrogen and oxygen atoms in total.